The molecule has 0 aliphatic rings. The van der Waals surface area contributed by atoms with Crippen molar-refractivity contribution in [2.24, 2.45) is 5.92 Å². The molecule has 0 saturated carbocycles. The highest BCUT2D eigenvalue weighted by Gasteiger charge is 2.20. The first kappa shape index (κ1) is 16.5. The predicted molar refractivity (Wildman–Crippen MR) is 87.4 cm³/mol. The summed E-state index contributed by atoms with van der Waals surface area (Å²) in [5.41, 5.74) is 7.82. The van der Waals surface area contributed by atoms with E-state index in [1.54, 1.807) is 6.07 Å². The van der Waals surface area contributed by atoms with Crippen LogP contribution in [-0.2, 0) is 0 Å². The van der Waals surface area contributed by atoms with E-state index in [1.807, 2.05) is 6.07 Å². The van der Waals surface area contributed by atoms with Crippen LogP contribution in [0.4, 0.5) is 11.4 Å². The van der Waals surface area contributed by atoms with Crippen LogP contribution in [0.15, 0.2) is 12.1 Å². The predicted octanol–water partition coefficient (Wildman–Crippen LogP) is 5.23. The molecule has 0 saturated heterocycles. The molecule has 0 atom stereocenters. The largest absolute Gasteiger partial charge is 0.397 e. The monoisotopic (exact) mass is 302 g/mol. The van der Waals surface area contributed by atoms with Gasteiger partial charge in [-0.3, -0.25) is 0 Å². The summed E-state index contributed by atoms with van der Waals surface area (Å²) in [5, 5.41) is 1.07. The second-order valence-electron chi connectivity index (χ2n) is 5.34. The second kappa shape index (κ2) is 7.25. The molecule has 0 amide bonds. The highest BCUT2D eigenvalue weighted by Crippen LogP contribution is 2.35. The van der Waals surface area contributed by atoms with E-state index in [1.165, 1.54) is 0 Å². The summed E-state index contributed by atoms with van der Waals surface area (Å²) >= 11 is 12.2. The van der Waals surface area contributed by atoms with Gasteiger partial charge in [0, 0.05) is 12.6 Å². The number of benzene rings is 1. The van der Waals surface area contributed by atoms with Crippen LogP contribution < -0.4 is 10.6 Å². The van der Waals surface area contributed by atoms with E-state index in [0.29, 0.717) is 27.7 Å². The first-order valence-electron chi connectivity index (χ1n) is 6.91. The number of rotatable bonds is 6. The average Bonchev–Trinajstić information content (AvgIpc) is 2.33. The molecular formula is C15H24Cl2N2. The smallest absolute Gasteiger partial charge is 0.0618 e. The summed E-state index contributed by atoms with van der Waals surface area (Å²) in [7, 11) is 0. The number of nitrogens with two attached hydrogens (primary N) is 1. The van der Waals surface area contributed by atoms with Gasteiger partial charge in [0.15, 0.2) is 0 Å². The average molecular weight is 303 g/mol. The fourth-order valence-corrected chi connectivity index (χ4v) is 2.70. The Balaban J connectivity index is 3.20. The third-order valence-electron chi connectivity index (χ3n) is 3.32. The number of hydrogen-bond donors (Lipinski definition) is 1. The van der Waals surface area contributed by atoms with Crippen molar-refractivity contribution in [1.82, 2.24) is 0 Å². The van der Waals surface area contributed by atoms with E-state index in [-0.39, 0.29) is 0 Å². The van der Waals surface area contributed by atoms with Crippen LogP contribution in [0.1, 0.15) is 40.5 Å². The molecule has 0 fully saturated rings. The minimum atomic E-state index is 0.474. The molecule has 0 aliphatic carbocycles. The molecule has 0 aromatic heterocycles. The molecule has 0 unspecified atom stereocenters. The quantitative estimate of drug-likeness (QED) is 0.729. The van der Waals surface area contributed by atoms with E-state index >= 15 is 0 Å². The molecule has 4 heteroatoms. The maximum atomic E-state index is 6.14. The maximum Gasteiger partial charge on any atom is 0.0618 e. The second-order valence-corrected chi connectivity index (χ2v) is 6.16. The lowest BCUT2D eigenvalue weighted by molar-refractivity contribution is 0.508. The van der Waals surface area contributed by atoms with Crippen LogP contribution in [0.3, 0.4) is 0 Å². The van der Waals surface area contributed by atoms with Crippen LogP contribution in [0, 0.1) is 5.92 Å². The van der Waals surface area contributed by atoms with Gasteiger partial charge in [0.1, 0.15) is 0 Å². The Bertz CT molecular complexity index is 415. The first-order valence-corrected chi connectivity index (χ1v) is 7.67. The molecule has 0 aliphatic heterocycles. The van der Waals surface area contributed by atoms with Crippen molar-refractivity contribution in [3.05, 3.63) is 22.2 Å². The molecule has 0 bridgehead atoms. The molecule has 108 valence electrons. The van der Waals surface area contributed by atoms with Crippen LogP contribution in [0.2, 0.25) is 10.0 Å². The van der Waals surface area contributed by atoms with E-state index in [2.05, 4.69) is 32.6 Å². The van der Waals surface area contributed by atoms with Gasteiger partial charge in [-0.05, 0) is 30.9 Å². The summed E-state index contributed by atoms with van der Waals surface area (Å²) in [5.74, 6) is 0.564. The highest BCUT2D eigenvalue weighted by atomic mass is 35.5. The van der Waals surface area contributed by atoms with E-state index < -0.39 is 0 Å². The van der Waals surface area contributed by atoms with Gasteiger partial charge in [-0.25, -0.2) is 0 Å². The molecule has 2 nitrogen and oxygen atoms in total. The van der Waals surface area contributed by atoms with Gasteiger partial charge in [0.25, 0.3) is 0 Å². The Morgan fingerprint density at radius 2 is 1.63 bits per heavy atom. The molecule has 1 rings (SSSR count). The minimum absolute atomic E-state index is 0.474. The molecule has 0 spiro atoms. The third-order valence-corrected chi connectivity index (χ3v) is 4.05. The Morgan fingerprint density at radius 3 is 2.11 bits per heavy atom. The van der Waals surface area contributed by atoms with Crippen LogP contribution in [0.5, 0.6) is 0 Å². The maximum absolute atomic E-state index is 6.14. The van der Waals surface area contributed by atoms with Crippen molar-refractivity contribution in [2.45, 2.75) is 46.6 Å². The minimum Gasteiger partial charge on any atom is -0.397 e. The lowest BCUT2D eigenvalue weighted by Gasteiger charge is -2.35. The zero-order valence-corrected chi connectivity index (χ0v) is 13.7. The van der Waals surface area contributed by atoms with Gasteiger partial charge in [0.2, 0.25) is 0 Å². The Kier molecular flexibility index (Phi) is 6.28. The van der Waals surface area contributed by atoms with Gasteiger partial charge in [-0.15, -0.1) is 0 Å². The van der Waals surface area contributed by atoms with Gasteiger partial charge >= 0.3 is 0 Å². The normalized spacial score (nSPS) is 11.4. The number of nitrogens with zero attached hydrogens (tertiary/aromatic N) is 1. The number of nitrogen functional groups attached to an aromatic ring is 1. The standard InChI is InChI=1S/C15H24Cl2N2/c1-5-11(6-2)19(9-10(3)4)15-8-13(17)12(16)7-14(15)18/h7-8,10-11H,5-6,9,18H2,1-4H3. The van der Waals surface area contributed by atoms with Crippen LogP contribution >= 0.6 is 23.2 Å². The Morgan fingerprint density at radius 1 is 1.11 bits per heavy atom. The van der Waals surface area contributed by atoms with Crippen molar-refractivity contribution in [3.63, 3.8) is 0 Å². The van der Waals surface area contributed by atoms with Gasteiger partial charge in [-0.1, -0.05) is 50.9 Å². The topological polar surface area (TPSA) is 29.3 Å². The summed E-state index contributed by atoms with van der Waals surface area (Å²) in [6, 6.07) is 4.11. The summed E-state index contributed by atoms with van der Waals surface area (Å²) in [6.45, 7) is 9.80. The Labute approximate surface area is 126 Å². The van der Waals surface area contributed by atoms with Gasteiger partial charge < -0.3 is 10.6 Å². The van der Waals surface area contributed by atoms with Gasteiger partial charge in [0.05, 0.1) is 21.4 Å². The number of hydrogen-bond acceptors (Lipinski definition) is 2. The first-order chi connectivity index (χ1) is 8.90. The van der Waals surface area contributed by atoms with E-state index in [9.17, 15) is 0 Å². The van der Waals surface area contributed by atoms with E-state index in [0.717, 1.165) is 25.1 Å². The van der Waals surface area contributed by atoms with E-state index in [4.69, 9.17) is 28.9 Å². The molecule has 1 aromatic carbocycles. The fraction of sp³-hybridized carbons (Fsp3) is 0.600. The molecule has 0 radical (unpaired) electrons. The van der Waals surface area contributed by atoms with Crippen molar-refractivity contribution in [1.29, 1.82) is 0 Å². The van der Waals surface area contributed by atoms with Crippen molar-refractivity contribution < 1.29 is 0 Å². The molecule has 1 aromatic rings. The Hall–Kier alpha value is -0.600. The zero-order valence-electron chi connectivity index (χ0n) is 12.2. The molecule has 2 N–H and O–H groups in total. The summed E-state index contributed by atoms with van der Waals surface area (Å²) in [6.07, 6.45) is 2.17. The molecule has 19 heavy (non-hydrogen) atoms. The van der Waals surface area contributed by atoms with Crippen molar-refractivity contribution >= 4 is 34.6 Å². The zero-order chi connectivity index (χ0) is 14.6. The van der Waals surface area contributed by atoms with Gasteiger partial charge in [-0.2, -0.15) is 0 Å². The van der Waals surface area contributed by atoms with Crippen LogP contribution in [-0.4, -0.2) is 12.6 Å². The number of anilines is 2. The molecule has 0 heterocycles. The lowest BCUT2D eigenvalue weighted by atomic mass is 10.1. The summed E-state index contributed by atoms with van der Waals surface area (Å²) in [4.78, 5) is 2.36. The van der Waals surface area contributed by atoms with Crippen LogP contribution in [0.25, 0.3) is 0 Å². The highest BCUT2D eigenvalue weighted by molar-refractivity contribution is 6.42. The molecular weight excluding hydrogens is 279 g/mol. The number of halogens is 2. The SMILES string of the molecule is CCC(CC)N(CC(C)C)c1cc(Cl)c(Cl)cc1N. The third kappa shape index (κ3) is 4.19. The summed E-state index contributed by atoms with van der Waals surface area (Å²) < 4.78 is 0. The van der Waals surface area contributed by atoms with Crippen molar-refractivity contribution in [3.8, 4) is 0 Å². The lowest BCUT2D eigenvalue weighted by Crippen LogP contribution is -2.37. The fourth-order valence-electron chi connectivity index (χ4n) is 2.37. The van der Waals surface area contributed by atoms with Crippen molar-refractivity contribution in [2.75, 3.05) is 17.2 Å².